The van der Waals surface area contributed by atoms with Crippen LogP contribution in [0.3, 0.4) is 0 Å². The number of rotatable bonds is 6. The van der Waals surface area contributed by atoms with E-state index in [4.69, 9.17) is 11.6 Å². The predicted molar refractivity (Wildman–Crippen MR) is 80.7 cm³/mol. The molecule has 1 amide bonds. The van der Waals surface area contributed by atoms with Crippen LogP contribution in [0.2, 0.25) is 5.02 Å². The number of thioether (sulfide) groups is 1. The van der Waals surface area contributed by atoms with Crippen molar-refractivity contribution in [3.63, 3.8) is 0 Å². The second kappa shape index (κ2) is 7.17. The van der Waals surface area contributed by atoms with Gasteiger partial charge in [0.1, 0.15) is 0 Å². The average Bonchev–Trinajstić information content (AvgIpc) is 2.39. The van der Waals surface area contributed by atoms with Gasteiger partial charge in [0.05, 0.1) is 17.2 Å². The van der Waals surface area contributed by atoms with Crippen LogP contribution in [0.4, 0.5) is 0 Å². The molecule has 0 unspecified atom stereocenters. The first kappa shape index (κ1) is 16.3. The van der Waals surface area contributed by atoms with Crippen molar-refractivity contribution in [3.8, 4) is 0 Å². The van der Waals surface area contributed by atoms with Crippen LogP contribution in [0.15, 0.2) is 29.2 Å². The van der Waals surface area contributed by atoms with Gasteiger partial charge in [-0.3, -0.25) is 4.79 Å². The van der Waals surface area contributed by atoms with Gasteiger partial charge in [0.15, 0.2) is 0 Å². The van der Waals surface area contributed by atoms with E-state index in [1.54, 1.807) is 23.7 Å². The number of amides is 1. The van der Waals surface area contributed by atoms with Gasteiger partial charge in [0.2, 0.25) is 5.91 Å². The topological polar surface area (TPSA) is 40.5 Å². The molecule has 0 atom stereocenters. The summed E-state index contributed by atoms with van der Waals surface area (Å²) in [6.07, 6.45) is 0.426. The Morgan fingerprint density at radius 3 is 2.63 bits per heavy atom. The molecule has 1 N–H and O–H groups in total. The molecule has 106 valence electrons. The summed E-state index contributed by atoms with van der Waals surface area (Å²) in [7, 11) is 1.72. The average molecular weight is 302 g/mol. The number of halogens is 1. The van der Waals surface area contributed by atoms with Crippen LogP contribution >= 0.6 is 23.4 Å². The van der Waals surface area contributed by atoms with Crippen LogP contribution in [0.1, 0.15) is 20.3 Å². The second-order valence-corrected chi connectivity index (χ2v) is 6.50. The number of carbonyl (C=O) groups excluding carboxylic acids is 1. The number of benzene rings is 1. The Kier molecular flexibility index (Phi) is 6.17. The molecule has 0 bridgehead atoms. The Morgan fingerprint density at radius 2 is 2.05 bits per heavy atom. The zero-order chi connectivity index (χ0) is 14.5. The molecule has 1 aromatic carbocycles. The van der Waals surface area contributed by atoms with Crippen molar-refractivity contribution >= 4 is 29.3 Å². The minimum absolute atomic E-state index is 0.0265. The molecule has 0 saturated carbocycles. The lowest BCUT2D eigenvalue weighted by molar-refractivity contribution is -0.135. The SMILES string of the molecule is CN(C(=O)CCSc1ccccc1Cl)C(C)(C)CO. The Morgan fingerprint density at radius 1 is 1.42 bits per heavy atom. The number of likely N-dealkylation sites (N-methyl/N-ethyl adjacent to an activating group) is 1. The third kappa shape index (κ3) is 4.71. The van der Waals surface area contributed by atoms with Crippen molar-refractivity contribution in [1.82, 2.24) is 4.90 Å². The molecule has 0 aliphatic rings. The largest absolute Gasteiger partial charge is 0.394 e. The van der Waals surface area contributed by atoms with Gasteiger partial charge < -0.3 is 10.0 Å². The lowest BCUT2D eigenvalue weighted by atomic mass is 10.1. The smallest absolute Gasteiger partial charge is 0.223 e. The van der Waals surface area contributed by atoms with Gasteiger partial charge >= 0.3 is 0 Å². The van der Waals surface area contributed by atoms with E-state index in [0.717, 1.165) is 4.90 Å². The van der Waals surface area contributed by atoms with Crippen LogP contribution in [-0.2, 0) is 4.79 Å². The molecular weight excluding hydrogens is 282 g/mol. The molecule has 0 heterocycles. The zero-order valence-electron chi connectivity index (χ0n) is 11.5. The summed E-state index contributed by atoms with van der Waals surface area (Å²) < 4.78 is 0. The predicted octanol–water partition coefficient (Wildman–Crippen LogP) is 3.05. The molecule has 0 fully saturated rings. The molecule has 5 heteroatoms. The summed E-state index contributed by atoms with van der Waals surface area (Å²) in [5, 5.41) is 9.95. The molecular formula is C14H20ClNO2S. The number of hydrogen-bond acceptors (Lipinski definition) is 3. The van der Waals surface area contributed by atoms with Crippen molar-refractivity contribution in [2.75, 3.05) is 19.4 Å². The molecule has 0 aliphatic heterocycles. The van der Waals surface area contributed by atoms with Crippen molar-refractivity contribution in [3.05, 3.63) is 29.3 Å². The highest BCUT2D eigenvalue weighted by Crippen LogP contribution is 2.27. The summed E-state index contributed by atoms with van der Waals surface area (Å²) in [5.41, 5.74) is -0.522. The van der Waals surface area contributed by atoms with Gasteiger partial charge in [0, 0.05) is 24.1 Å². The Bertz CT molecular complexity index is 437. The lowest BCUT2D eigenvalue weighted by Gasteiger charge is -2.34. The Balaban J connectivity index is 2.46. The number of aliphatic hydroxyl groups is 1. The fourth-order valence-corrected chi connectivity index (χ4v) is 2.60. The zero-order valence-corrected chi connectivity index (χ0v) is 13.1. The maximum Gasteiger partial charge on any atom is 0.223 e. The van der Waals surface area contributed by atoms with Crippen molar-refractivity contribution in [2.24, 2.45) is 0 Å². The number of carbonyl (C=O) groups is 1. The maximum absolute atomic E-state index is 12.0. The van der Waals surface area contributed by atoms with E-state index in [2.05, 4.69) is 0 Å². The number of hydrogen-bond donors (Lipinski definition) is 1. The van der Waals surface area contributed by atoms with Gasteiger partial charge in [-0.05, 0) is 26.0 Å². The minimum Gasteiger partial charge on any atom is -0.394 e. The molecule has 19 heavy (non-hydrogen) atoms. The van der Waals surface area contributed by atoms with E-state index in [0.29, 0.717) is 17.2 Å². The highest BCUT2D eigenvalue weighted by Gasteiger charge is 2.26. The van der Waals surface area contributed by atoms with E-state index in [1.807, 2.05) is 38.1 Å². The molecule has 0 aromatic heterocycles. The quantitative estimate of drug-likeness (QED) is 0.821. The summed E-state index contributed by atoms with van der Waals surface area (Å²) in [4.78, 5) is 14.6. The third-order valence-corrected chi connectivity index (χ3v) is 4.60. The van der Waals surface area contributed by atoms with E-state index in [9.17, 15) is 9.90 Å². The van der Waals surface area contributed by atoms with Gasteiger partial charge in [-0.15, -0.1) is 11.8 Å². The van der Waals surface area contributed by atoms with Crippen molar-refractivity contribution in [1.29, 1.82) is 0 Å². The van der Waals surface area contributed by atoms with E-state index >= 15 is 0 Å². The maximum atomic E-state index is 12.0. The van der Waals surface area contributed by atoms with Crippen LogP contribution in [0.25, 0.3) is 0 Å². The van der Waals surface area contributed by atoms with E-state index in [-0.39, 0.29) is 12.5 Å². The first-order chi connectivity index (χ1) is 8.88. The summed E-state index contributed by atoms with van der Waals surface area (Å²) in [6.45, 7) is 3.63. The van der Waals surface area contributed by atoms with Gasteiger partial charge in [-0.25, -0.2) is 0 Å². The molecule has 1 aromatic rings. The second-order valence-electron chi connectivity index (χ2n) is 4.95. The summed E-state index contributed by atoms with van der Waals surface area (Å²) in [6, 6.07) is 7.59. The molecule has 0 radical (unpaired) electrons. The lowest BCUT2D eigenvalue weighted by Crippen LogP contribution is -2.47. The Hall–Kier alpha value is -0.710. The molecule has 0 saturated heterocycles. The van der Waals surface area contributed by atoms with Gasteiger partial charge in [-0.1, -0.05) is 23.7 Å². The van der Waals surface area contributed by atoms with Crippen molar-refractivity contribution < 1.29 is 9.90 Å². The first-order valence-electron chi connectivity index (χ1n) is 6.13. The standard InChI is InChI=1S/C14H20ClNO2S/c1-14(2,10-17)16(3)13(18)8-9-19-12-7-5-4-6-11(12)15/h4-7,17H,8-10H2,1-3H3. The fraction of sp³-hybridized carbons (Fsp3) is 0.500. The van der Waals surface area contributed by atoms with Gasteiger partial charge in [0.25, 0.3) is 0 Å². The summed E-state index contributed by atoms with van der Waals surface area (Å²) in [5.74, 6) is 0.701. The van der Waals surface area contributed by atoms with E-state index in [1.165, 1.54) is 0 Å². The first-order valence-corrected chi connectivity index (χ1v) is 7.49. The van der Waals surface area contributed by atoms with Crippen molar-refractivity contribution in [2.45, 2.75) is 30.7 Å². The van der Waals surface area contributed by atoms with Crippen LogP contribution in [-0.4, -0.2) is 40.9 Å². The molecule has 0 spiro atoms. The van der Waals surface area contributed by atoms with Crippen LogP contribution < -0.4 is 0 Å². The molecule has 0 aliphatic carbocycles. The highest BCUT2D eigenvalue weighted by atomic mass is 35.5. The van der Waals surface area contributed by atoms with Gasteiger partial charge in [-0.2, -0.15) is 0 Å². The van der Waals surface area contributed by atoms with Crippen LogP contribution in [0, 0.1) is 0 Å². The molecule has 3 nitrogen and oxygen atoms in total. The monoisotopic (exact) mass is 301 g/mol. The Labute approximate surface area is 123 Å². The number of nitrogens with zero attached hydrogens (tertiary/aromatic N) is 1. The molecule has 1 rings (SSSR count). The van der Waals surface area contributed by atoms with E-state index < -0.39 is 5.54 Å². The van der Waals surface area contributed by atoms with Crippen LogP contribution in [0.5, 0.6) is 0 Å². The minimum atomic E-state index is -0.522. The fourth-order valence-electron chi connectivity index (χ4n) is 1.42. The summed E-state index contributed by atoms with van der Waals surface area (Å²) >= 11 is 7.62. The normalized spacial score (nSPS) is 11.4. The number of aliphatic hydroxyl groups excluding tert-OH is 1. The third-order valence-electron chi connectivity index (χ3n) is 3.08. The highest BCUT2D eigenvalue weighted by molar-refractivity contribution is 7.99.